The molecule has 1 atom stereocenters. The predicted molar refractivity (Wildman–Crippen MR) is 103 cm³/mol. The number of hydrogen-bond donors (Lipinski definition) is 1. The lowest BCUT2D eigenvalue weighted by Gasteiger charge is -2.26. The number of amides is 1. The molecule has 0 saturated carbocycles. The molecule has 1 fully saturated rings. The van der Waals surface area contributed by atoms with Crippen molar-refractivity contribution >= 4 is 11.6 Å². The van der Waals surface area contributed by atoms with Crippen molar-refractivity contribution in [2.75, 3.05) is 32.6 Å². The third-order valence-electron chi connectivity index (χ3n) is 4.81. The molecular weight excluding hydrogens is 328 g/mol. The van der Waals surface area contributed by atoms with Crippen molar-refractivity contribution in [2.24, 2.45) is 0 Å². The maximum absolute atomic E-state index is 12.5. The number of benzene rings is 2. The van der Waals surface area contributed by atoms with E-state index < -0.39 is 0 Å². The maximum atomic E-state index is 12.5. The summed E-state index contributed by atoms with van der Waals surface area (Å²) >= 11 is 0. The molecule has 0 aliphatic carbocycles. The van der Waals surface area contributed by atoms with Gasteiger partial charge >= 0.3 is 0 Å². The van der Waals surface area contributed by atoms with Gasteiger partial charge in [-0.15, -0.1) is 0 Å². The molecular formula is C21H26N2O3. The Morgan fingerprint density at radius 1 is 1.19 bits per heavy atom. The minimum Gasteiger partial charge on any atom is -0.497 e. The summed E-state index contributed by atoms with van der Waals surface area (Å²) in [7, 11) is 3.31. The number of carbonyl (C=O) groups excluding carboxylic acids is 1. The van der Waals surface area contributed by atoms with Crippen molar-refractivity contribution < 1.29 is 14.3 Å². The van der Waals surface area contributed by atoms with Crippen molar-refractivity contribution in [3.63, 3.8) is 0 Å². The second-order valence-corrected chi connectivity index (χ2v) is 6.65. The molecule has 0 unspecified atom stereocenters. The van der Waals surface area contributed by atoms with E-state index in [0.717, 1.165) is 47.7 Å². The second kappa shape index (κ2) is 8.23. The fourth-order valence-corrected chi connectivity index (χ4v) is 3.57. The number of nitrogens with zero attached hydrogens (tertiary/aromatic N) is 1. The zero-order valence-electron chi connectivity index (χ0n) is 15.6. The molecule has 3 rings (SSSR count). The number of aryl methyl sites for hydroxylation is 1. The second-order valence-electron chi connectivity index (χ2n) is 6.65. The summed E-state index contributed by atoms with van der Waals surface area (Å²) in [5.41, 5.74) is 3.08. The van der Waals surface area contributed by atoms with Gasteiger partial charge in [-0.3, -0.25) is 9.69 Å². The first-order chi connectivity index (χ1) is 12.6. The van der Waals surface area contributed by atoms with Crippen LogP contribution >= 0.6 is 0 Å². The van der Waals surface area contributed by atoms with Crippen molar-refractivity contribution in [3.8, 4) is 11.5 Å². The Morgan fingerprint density at radius 3 is 2.77 bits per heavy atom. The standard InChI is InChI=1S/C21H26N2O3/c1-15-6-4-7-16(12-15)22-21(24)14-23-11-5-8-19(23)18-10-9-17(25-2)13-20(18)26-3/h4,6-7,9-10,12-13,19H,5,8,11,14H2,1-3H3,(H,22,24)/t19-/m1/s1. The average Bonchev–Trinajstić information content (AvgIpc) is 3.08. The lowest BCUT2D eigenvalue weighted by atomic mass is 10.0. The Balaban J connectivity index is 1.71. The van der Waals surface area contributed by atoms with Crippen LogP contribution < -0.4 is 14.8 Å². The minimum atomic E-state index is 0.00924. The Kier molecular flexibility index (Phi) is 5.78. The van der Waals surface area contributed by atoms with Gasteiger partial charge in [0.2, 0.25) is 5.91 Å². The third-order valence-corrected chi connectivity index (χ3v) is 4.81. The summed E-state index contributed by atoms with van der Waals surface area (Å²) in [6, 6.07) is 13.9. The Bertz CT molecular complexity index is 776. The van der Waals surface area contributed by atoms with Gasteiger partial charge in [-0.2, -0.15) is 0 Å². The van der Waals surface area contributed by atoms with E-state index in [1.807, 2.05) is 49.4 Å². The van der Waals surface area contributed by atoms with Gasteiger partial charge < -0.3 is 14.8 Å². The highest BCUT2D eigenvalue weighted by Gasteiger charge is 2.29. The Labute approximate surface area is 154 Å². The Hall–Kier alpha value is -2.53. The van der Waals surface area contributed by atoms with Crippen LogP contribution in [0.4, 0.5) is 5.69 Å². The molecule has 1 aliphatic rings. The molecule has 5 heteroatoms. The summed E-state index contributed by atoms with van der Waals surface area (Å²) in [5, 5.41) is 3.00. The average molecular weight is 354 g/mol. The summed E-state index contributed by atoms with van der Waals surface area (Å²) in [4.78, 5) is 14.7. The van der Waals surface area contributed by atoms with Crippen molar-refractivity contribution in [1.29, 1.82) is 0 Å². The maximum Gasteiger partial charge on any atom is 0.238 e. The van der Waals surface area contributed by atoms with Gasteiger partial charge in [0.25, 0.3) is 0 Å². The predicted octanol–water partition coefficient (Wildman–Crippen LogP) is 3.79. The molecule has 1 amide bonds. The molecule has 5 nitrogen and oxygen atoms in total. The number of hydrogen-bond acceptors (Lipinski definition) is 4. The molecule has 0 spiro atoms. The van der Waals surface area contributed by atoms with Gasteiger partial charge in [0.15, 0.2) is 0 Å². The van der Waals surface area contributed by atoms with Gasteiger partial charge in [-0.25, -0.2) is 0 Å². The lowest BCUT2D eigenvalue weighted by Crippen LogP contribution is -2.33. The summed E-state index contributed by atoms with van der Waals surface area (Å²) in [6.45, 7) is 3.29. The quantitative estimate of drug-likeness (QED) is 0.857. The first-order valence-corrected chi connectivity index (χ1v) is 8.93. The smallest absolute Gasteiger partial charge is 0.238 e. The van der Waals surface area contributed by atoms with Crippen molar-refractivity contribution in [2.45, 2.75) is 25.8 Å². The zero-order chi connectivity index (χ0) is 18.5. The van der Waals surface area contributed by atoms with Crippen LogP contribution in [0.15, 0.2) is 42.5 Å². The van der Waals surface area contributed by atoms with Crippen LogP contribution in [0.3, 0.4) is 0 Å². The molecule has 1 aliphatic heterocycles. The first-order valence-electron chi connectivity index (χ1n) is 8.93. The van der Waals surface area contributed by atoms with Gasteiger partial charge in [0.1, 0.15) is 11.5 Å². The monoisotopic (exact) mass is 354 g/mol. The molecule has 1 heterocycles. The van der Waals surface area contributed by atoms with Crippen LogP contribution in [0.25, 0.3) is 0 Å². The number of likely N-dealkylation sites (tertiary alicyclic amines) is 1. The van der Waals surface area contributed by atoms with Crippen LogP contribution in [0.1, 0.15) is 30.0 Å². The molecule has 2 aromatic carbocycles. The van der Waals surface area contributed by atoms with Crippen LogP contribution in [-0.4, -0.2) is 38.1 Å². The number of nitrogens with one attached hydrogen (secondary N) is 1. The van der Waals surface area contributed by atoms with Crippen LogP contribution in [0.5, 0.6) is 11.5 Å². The van der Waals surface area contributed by atoms with Crippen LogP contribution in [0, 0.1) is 6.92 Å². The van der Waals surface area contributed by atoms with Crippen molar-refractivity contribution in [3.05, 3.63) is 53.6 Å². The van der Waals surface area contributed by atoms with Gasteiger partial charge in [-0.1, -0.05) is 18.2 Å². The Morgan fingerprint density at radius 2 is 2.04 bits per heavy atom. The fourth-order valence-electron chi connectivity index (χ4n) is 3.57. The number of anilines is 1. The van der Waals surface area contributed by atoms with E-state index in [1.165, 1.54) is 0 Å². The highest BCUT2D eigenvalue weighted by Crippen LogP contribution is 2.38. The van der Waals surface area contributed by atoms with Crippen LogP contribution in [-0.2, 0) is 4.79 Å². The summed E-state index contributed by atoms with van der Waals surface area (Å²) in [6.07, 6.45) is 2.08. The molecule has 26 heavy (non-hydrogen) atoms. The number of rotatable bonds is 6. The van der Waals surface area contributed by atoms with E-state index in [-0.39, 0.29) is 11.9 Å². The van der Waals surface area contributed by atoms with E-state index >= 15 is 0 Å². The third kappa shape index (κ3) is 4.17. The molecule has 2 aromatic rings. The minimum absolute atomic E-state index is 0.00924. The van der Waals surface area contributed by atoms with E-state index in [2.05, 4.69) is 10.2 Å². The van der Waals surface area contributed by atoms with E-state index in [4.69, 9.17) is 9.47 Å². The SMILES string of the molecule is COc1ccc([C@H]2CCCN2CC(=O)Nc2cccc(C)c2)c(OC)c1. The molecule has 0 bridgehead atoms. The van der Waals surface area contributed by atoms with Crippen LogP contribution in [0.2, 0.25) is 0 Å². The number of methoxy groups -OCH3 is 2. The van der Waals surface area contributed by atoms with Gasteiger partial charge in [-0.05, 0) is 50.1 Å². The van der Waals surface area contributed by atoms with E-state index in [1.54, 1.807) is 14.2 Å². The molecule has 0 radical (unpaired) electrons. The van der Waals surface area contributed by atoms with E-state index in [9.17, 15) is 4.79 Å². The molecule has 1 N–H and O–H groups in total. The normalized spacial score (nSPS) is 17.1. The largest absolute Gasteiger partial charge is 0.497 e. The lowest BCUT2D eigenvalue weighted by molar-refractivity contribution is -0.117. The molecule has 1 saturated heterocycles. The topological polar surface area (TPSA) is 50.8 Å². The van der Waals surface area contributed by atoms with Gasteiger partial charge in [0, 0.05) is 23.4 Å². The number of carbonyl (C=O) groups is 1. The van der Waals surface area contributed by atoms with Gasteiger partial charge in [0.05, 0.1) is 20.8 Å². The number of ether oxygens (including phenoxy) is 2. The highest BCUT2D eigenvalue weighted by molar-refractivity contribution is 5.92. The van der Waals surface area contributed by atoms with Crippen molar-refractivity contribution in [1.82, 2.24) is 4.90 Å². The molecule has 138 valence electrons. The highest BCUT2D eigenvalue weighted by atomic mass is 16.5. The first kappa shape index (κ1) is 18.3. The summed E-state index contributed by atoms with van der Waals surface area (Å²) < 4.78 is 10.8. The van der Waals surface area contributed by atoms with E-state index in [0.29, 0.717) is 6.54 Å². The fraction of sp³-hybridized carbons (Fsp3) is 0.381. The zero-order valence-corrected chi connectivity index (χ0v) is 15.6. The summed E-state index contributed by atoms with van der Waals surface area (Å²) in [5.74, 6) is 1.59. The molecule has 0 aromatic heterocycles.